The Morgan fingerprint density at radius 1 is 1.57 bits per heavy atom. The number of nitrogens with one attached hydrogen (secondary N) is 1. The molecule has 0 fully saturated rings. The molecular weight excluding hydrogens is 196 g/mol. The van der Waals surface area contributed by atoms with Crippen LogP contribution in [-0.4, -0.2) is 11.7 Å². The van der Waals surface area contributed by atoms with Crippen LogP contribution in [0.5, 0.6) is 0 Å². The Morgan fingerprint density at radius 3 is 3.21 bits per heavy atom. The zero-order valence-electron chi connectivity index (χ0n) is 7.41. The highest BCUT2D eigenvalue weighted by molar-refractivity contribution is 7.99. The van der Waals surface area contributed by atoms with Gasteiger partial charge in [-0.1, -0.05) is 0 Å². The van der Waals surface area contributed by atoms with E-state index in [1.807, 2.05) is 18.2 Å². The maximum Gasteiger partial charge on any atom is 0.228 e. The summed E-state index contributed by atoms with van der Waals surface area (Å²) >= 11 is 1.49. The molecule has 0 radical (unpaired) electrons. The van der Waals surface area contributed by atoms with Crippen LogP contribution in [0.1, 0.15) is 5.56 Å². The van der Waals surface area contributed by atoms with Gasteiger partial charge in [-0.25, -0.2) is 0 Å². The Hall–Kier alpha value is -1.47. The number of nitrogens with zero attached hydrogens (tertiary/aromatic N) is 1. The van der Waals surface area contributed by atoms with Crippen LogP contribution in [0.3, 0.4) is 0 Å². The van der Waals surface area contributed by atoms with Gasteiger partial charge in [0.2, 0.25) is 5.91 Å². The van der Waals surface area contributed by atoms with Crippen molar-refractivity contribution in [3.63, 3.8) is 0 Å². The highest BCUT2D eigenvalue weighted by atomic mass is 32.2. The lowest BCUT2D eigenvalue weighted by Gasteiger charge is -2.00. The zero-order valence-corrected chi connectivity index (χ0v) is 8.23. The molecule has 1 N–H and O–H groups in total. The maximum atomic E-state index is 11.1. The molecule has 4 heteroatoms. The number of benzene rings is 1. The summed E-state index contributed by atoms with van der Waals surface area (Å²) in [7, 11) is 0. The average molecular weight is 204 g/mol. The van der Waals surface area contributed by atoms with E-state index in [0.717, 1.165) is 16.1 Å². The lowest BCUT2D eigenvalue weighted by Crippen LogP contribution is -2.03. The van der Waals surface area contributed by atoms with Crippen molar-refractivity contribution in [3.05, 3.63) is 23.8 Å². The second kappa shape index (κ2) is 3.72. The molecule has 0 aliphatic carbocycles. The smallest absolute Gasteiger partial charge is 0.228 e. The molecule has 1 aliphatic rings. The highest BCUT2D eigenvalue weighted by Gasteiger charge is 2.17. The van der Waals surface area contributed by atoms with Gasteiger partial charge in [-0.3, -0.25) is 4.79 Å². The number of anilines is 1. The fourth-order valence-corrected chi connectivity index (χ4v) is 2.03. The second-order valence-corrected chi connectivity index (χ2v) is 4.04. The molecule has 0 spiro atoms. The Morgan fingerprint density at radius 2 is 2.43 bits per heavy atom. The zero-order chi connectivity index (χ0) is 9.97. The fraction of sp³-hybridized carbons (Fsp3) is 0.200. The molecule has 1 aromatic carbocycles. The van der Waals surface area contributed by atoms with Crippen LogP contribution in [0.25, 0.3) is 0 Å². The number of carbonyl (C=O) groups excluding carboxylic acids is 1. The lowest BCUT2D eigenvalue weighted by atomic mass is 10.2. The molecular formula is C10H8N2OS. The van der Waals surface area contributed by atoms with E-state index in [1.165, 1.54) is 11.8 Å². The summed E-state index contributed by atoms with van der Waals surface area (Å²) in [4.78, 5) is 12.1. The van der Waals surface area contributed by atoms with Crippen molar-refractivity contribution < 1.29 is 4.79 Å². The van der Waals surface area contributed by atoms with Crippen molar-refractivity contribution in [2.24, 2.45) is 0 Å². The van der Waals surface area contributed by atoms with Crippen molar-refractivity contribution >= 4 is 23.4 Å². The van der Waals surface area contributed by atoms with Crippen molar-refractivity contribution in [2.45, 2.75) is 11.3 Å². The first-order valence-electron chi connectivity index (χ1n) is 4.22. The predicted octanol–water partition coefficient (Wildman–Crippen LogP) is 1.80. The number of amides is 1. The van der Waals surface area contributed by atoms with E-state index >= 15 is 0 Å². The summed E-state index contributed by atoms with van der Waals surface area (Å²) in [5, 5.41) is 11.2. The number of fused-ring (bicyclic) bond motifs is 1. The monoisotopic (exact) mass is 204 g/mol. The Bertz CT molecular complexity index is 423. The van der Waals surface area contributed by atoms with Crippen molar-refractivity contribution in [2.75, 3.05) is 11.1 Å². The minimum atomic E-state index is 0.0439. The Labute approximate surface area is 86.1 Å². The third-order valence-corrected chi connectivity index (χ3v) is 2.87. The summed E-state index contributed by atoms with van der Waals surface area (Å²) in [6.07, 6.45) is 0.455. The van der Waals surface area contributed by atoms with Gasteiger partial charge < -0.3 is 5.32 Å². The first-order chi connectivity index (χ1) is 6.79. The standard InChI is InChI=1S/C10H8N2OS/c11-3-4-14-8-1-2-9-7(5-8)6-10(13)12-9/h1-2,5H,4,6H2,(H,12,13). The molecule has 1 aromatic rings. The number of rotatable bonds is 2. The molecule has 2 rings (SSSR count). The summed E-state index contributed by atoms with van der Waals surface area (Å²) in [5.41, 5.74) is 1.93. The van der Waals surface area contributed by atoms with E-state index < -0.39 is 0 Å². The molecule has 0 saturated heterocycles. The van der Waals surface area contributed by atoms with Gasteiger partial charge in [-0.05, 0) is 23.8 Å². The van der Waals surface area contributed by atoms with Crippen LogP contribution in [0.2, 0.25) is 0 Å². The Balaban J connectivity index is 2.21. The third-order valence-electron chi connectivity index (χ3n) is 2.01. The largest absolute Gasteiger partial charge is 0.326 e. The minimum Gasteiger partial charge on any atom is -0.326 e. The quantitative estimate of drug-likeness (QED) is 0.747. The number of thioether (sulfide) groups is 1. The van der Waals surface area contributed by atoms with Crippen LogP contribution in [0, 0.1) is 11.3 Å². The molecule has 70 valence electrons. The summed E-state index contributed by atoms with van der Waals surface area (Å²) in [6, 6.07) is 7.85. The molecule has 1 aliphatic heterocycles. The summed E-state index contributed by atoms with van der Waals surface area (Å²) in [5.74, 6) is 0.489. The van der Waals surface area contributed by atoms with Gasteiger partial charge in [0, 0.05) is 10.6 Å². The first kappa shape index (κ1) is 9.10. The number of carbonyl (C=O) groups is 1. The van der Waals surface area contributed by atoms with Gasteiger partial charge in [0.15, 0.2) is 0 Å². The molecule has 1 amide bonds. The van der Waals surface area contributed by atoms with Crippen LogP contribution in [0.4, 0.5) is 5.69 Å². The number of hydrogen-bond donors (Lipinski definition) is 1. The maximum absolute atomic E-state index is 11.1. The topological polar surface area (TPSA) is 52.9 Å². The molecule has 14 heavy (non-hydrogen) atoms. The van der Waals surface area contributed by atoms with Crippen molar-refractivity contribution in [1.29, 1.82) is 5.26 Å². The number of nitriles is 1. The van der Waals surface area contributed by atoms with Crippen LogP contribution >= 0.6 is 11.8 Å². The molecule has 3 nitrogen and oxygen atoms in total. The van der Waals surface area contributed by atoms with Crippen LogP contribution < -0.4 is 5.32 Å². The van der Waals surface area contributed by atoms with Gasteiger partial charge in [0.05, 0.1) is 18.2 Å². The van der Waals surface area contributed by atoms with Gasteiger partial charge >= 0.3 is 0 Å². The molecule has 0 bridgehead atoms. The second-order valence-electron chi connectivity index (χ2n) is 2.99. The SMILES string of the molecule is N#CCSc1ccc2c(c1)CC(=O)N2. The van der Waals surface area contributed by atoms with Gasteiger partial charge in [0.1, 0.15) is 0 Å². The number of hydrogen-bond acceptors (Lipinski definition) is 3. The van der Waals surface area contributed by atoms with Gasteiger partial charge in [-0.2, -0.15) is 5.26 Å². The fourth-order valence-electron chi connectivity index (χ4n) is 1.41. The molecule has 0 aromatic heterocycles. The predicted molar refractivity (Wildman–Crippen MR) is 55.1 cm³/mol. The van der Waals surface area contributed by atoms with E-state index in [0.29, 0.717) is 12.2 Å². The molecule has 0 atom stereocenters. The van der Waals surface area contributed by atoms with Crippen molar-refractivity contribution in [3.8, 4) is 6.07 Å². The molecule has 1 heterocycles. The van der Waals surface area contributed by atoms with Crippen molar-refractivity contribution in [1.82, 2.24) is 0 Å². The van der Waals surface area contributed by atoms with E-state index in [2.05, 4.69) is 11.4 Å². The van der Waals surface area contributed by atoms with Crippen LogP contribution in [0.15, 0.2) is 23.1 Å². The van der Waals surface area contributed by atoms with Crippen LogP contribution in [-0.2, 0) is 11.2 Å². The average Bonchev–Trinajstić information content (AvgIpc) is 2.54. The van der Waals surface area contributed by atoms with Gasteiger partial charge in [0.25, 0.3) is 0 Å². The normalized spacial score (nSPS) is 13.2. The summed E-state index contributed by atoms with van der Waals surface area (Å²) < 4.78 is 0. The summed E-state index contributed by atoms with van der Waals surface area (Å²) in [6.45, 7) is 0. The van der Waals surface area contributed by atoms with Gasteiger partial charge in [-0.15, -0.1) is 11.8 Å². The Kier molecular flexibility index (Phi) is 2.42. The molecule has 0 unspecified atom stereocenters. The minimum absolute atomic E-state index is 0.0439. The third kappa shape index (κ3) is 1.73. The first-order valence-corrected chi connectivity index (χ1v) is 5.20. The lowest BCUT2D eigenvalue weighted by molar-refractivity contribution is -0.115. The van der Waals surface area contributed by atoms with E-state index in [1.54, 1.807) is 0 Å². The molecule has 0 saturated carbocycles. The van der Waals surface area contributed by atoms with E-state index in [-0.39, 0.29) is 5.91 Å². The van der Waals surface area contributed by atoms with E-state index in [9.17, 15) is 4.79 Å². The highest BCUT2D eigenvalue weighted by Crippen LogP contribution is 2.28. The van der Waals surface area contributed by atoms with E-state index in [4.69, 9.17) is 5.26 Å².